The molecule has 0 aliphatic carbocycles. The molecule has 5 heteroatoms. The van der Waals surface area contributed by atoms with Crippen molar-refractivity contribution in [1.29, 1.82) is 0 Å². The van der Waals surface area contributed by atoms with E-state index in [4.69, 9.17) is 10.8 Å². The van der Waals surface area contributed by atoms with Crippen LogP contribution in [0.25, 0.3) is 0 Å². The largest absolute Gasteiger partial charge is 0.396 e. The molecule has 0 saturated carbocycles. The lowest BCUT2D eigenvalue weighted by atomic mass is 9.88. The normalized spacial score (nSPS) is 12.3. The van der Waals surface area contributed by atoms with E-state index in [1.165, 1.54) is 0 Å². The van der Waals surface area contributed by atoms with Crippen LogP contribution >= 0.6 is 0 Å². The average molecular weight is 230 g/mol. The van der Waals surface area contributed by atoms with Crippen LogP contribution in [0.1, 0.15) is 34.1 Å². The fourth-order valence-corrected chi connectivity index (χ4v) is 0.945. The number of hydrogen-bond acceptors (Lipinski definition) is 3. The number of rotatable bonds is 6. The minimum Gasteiger partial charge on any atom is -0.396 e. The third-order valence-corrected chi connectivity index (χ3v) is 2.46. The van der Waals surface area contributed by atoms with Gasteiger partial charge in [-0.2, -0.15) is 0 Å². The summed E-state index contributed by atoms with van der Waals surface area (Å²) < 4.78 is 0. The van der Waals surface area contributed by atoms with Crippen LogP contribution in [-0.4, -0.2) is 30.1 Å². The quantitative estimate of drug-likeness (QED) is 0.600. The average Bonchev–Trinajstić information content (AvgIpc) is 2.14. The van der Waals surface area contributed by atoms with Crippen molar-refractivity contribution in [1.82, 2.24) is 5.32 Å². The second-order valence-electron chi connectivity index (χ2n) is 5.52. The van der Waals surface area contributed by atoms with E-state index < -0.39 is 11.3 Å². The van der Waals surface area contributed by atoms with Crippen molar-refractivity contribution in [3.63, 3.8) is 0 Å². The van der Waals surface area contributed by atoms with Crippen LogP contribution in [0.4, 0.5) is 0 Å². The molecule has 0 aliphatic heterocycles. The van der Waals surface area contributed by atoms with Crippen LogP contribution in [0, 0.1) is 10.8 Å². The Labute approximate surface area is 96.4 Å². The number of aliphatic hydroxyl groups is 1. The fourth-order valence-electron chi connectivity index (χ4n) is 0.945. The second-order valence-corrected chi connectivity index (χ2v) is 5.52. The van der Waals surface area contributed by atoms with Gasteiger partial charge in [0.05, 0.1) is 5.41 Å². The van der Waals surface area contributed by atoms with Crippen LogP contribution in [0.15, 0.2) is 0 Å². The highest BCUT2D eigenvalue weighted by molar-refractivity contribution is 5.87. The Kier molecular flexibility index (Phi) is 4.93. The third kappa shape index (κ3) is 5.11. The molecule has 0 radical (unpaired) electrons. The zero-order chi connectivity index (χ0) is 13.0. The van der Waals surface area contributed by atoms with Gasteiger partial charge in [0.15, 0.2) is 0 Å². The number of carbonyl (C=O) groups excluding carboxylic acids is 2. The molecule has 16 heavy (non-hydrogen) atoms. The van der Waals surface area contributed by atoms with Crippen molar-refractivity contribution >= 4 is 11.8 Å². The standard InChI is InChI=1S/C11H22N2O3/c1-10(2,7-14)6-13-8(15)5-11(3,4)9(12)16/h14H,5-7H2,1-4H3,(H2,12,16)(H,13,15). The van der Waals surface area contributed by atoms with E-state index in [0.717, 1.165) is 0 Å². The Morgan fingerprint density at radius 1 is 1.25 bits per heavy atom. The first-order valence-electron chi connectivity index (χ1n) is 5.28. The third-order valence-electron chi connectivity index (χ3n) is 2.46. The predicted octanol–water partition coefficient (Wildman–Crippen LogP) is 0.0227. The number of nitrogens with one attached hydrogen (secondary N) is 1. The van der Waals surface area contributed by atoms with Crippen molar-refractivity contribution in [2.24, 2.45) is 16.6 Å². The molecule has 5 nitrogen and oxygen atoms in total. The van der Waals surface area contributed by atoms with Gasteiger partial charge in [0.25, 0.3) is 0 Å². The Bertz CT molecular complexity index is 272. The summed E-state index contributed by atoms with van der Waals surface area (Å²) in [5.41, 5.74) is 3.97. The molecule has 0 fully saturated rings. The highest BCUT2D eigenvalue weighted by Gasteiger charge is 2.28. The summed E-state index contributed by atoms with van der Waals surface area (Å²) in [6, 6.07) is 0. The van der Waals surface area contributed by atoms with E-state index >= 15 is 0 Å². The van der Waals surface area contributed by atoms with Crippen LogP contribution < -0.4 is 11.1 Å². The molecule has 0 aromatic rings. The summed E-state index contributed by atoms with van der Waals surface area (Å²) in [4.78, 5) is 22.5. The van der Waals surface area contributed by atoms with Gasteiger partial charge in [0.1, 0.15) is 0 Å². The predicted molar refractivity (Wildman–Crippen MR) is 61.5 cm³/mol. The van der Waals surface area contributed by atoms with Gasteiger partial charge in [-0.05, 0) is 0 Å². The van der Waals surface area contributed by atoms with E-state index in [9.17, 15) is 9.59 Å². The van der Waals surface area contributed by atoms with Crippen molar-refractivity contribution < 1.29 is 14.7 Å². The molecule has 0 saturated heterocycles. The molecule has 0 rings (SSSR count). The highest BCUT2D eigenvalue weighted by atomic mass is 16.3. The van der Waals surface area contributed by atoms with Crippen molar-refractivity contribution in [2.45, 2.75) is 34.1 Å². The molecule has 4 N–H and O–H groups in total. The van der Waals surface area contributed by atoms with E-state index in [1.807, 2.05) is 13.8 Å². The maximum Gasteiger partial charge on any atom is 0.223 e. The number of amides is 2. The lowest BCUT2D eigenvalue weighted by molar-refractivity contribution is -0.132. The molecule has 94 valence electrons. The van der Waals surface area contributed by atoms with Crippen LogP contribution in [0.2, 0.25) is 0 Å². The van der Waals surface area contributed by atoms with Crippen LogP contribution in [0.3, 0.4) is 0 Å². The first kappa shape index (κ1) is 14.9. The summed E-state index contributed by atoms with van der Waals surface area (Å²) in [5.74, 6) is -0.727. The molecule has 0 aromatic heterocycles. The monoisotopic (exact) mass is 230 g/mol. The summed E-state index contributed by atoms with van der Waals surface area (Å²) in [5, 5.41) is 11.7. The molecule has 0 heterocycles. The molecule has 2 amide bonds. The molecule has 0 atom stereocenters. The highest BCUT2D eigenvalue weighted by Crippen LogP contribution is 2.19. The van der Waals surface area contributed by atoms with Crippen molar-refractivity contribution in [2.75, 3.05) is 13.2 Å². The molecule has 0 bridgehead atoms. The SMILES string of the molecule is CC(C)(CO)CNC(=O)CC(C)(C)C(N)=O. The van der Waals surface area contributed by atoms with Crippen molar-refractivity contribution in [3.05, 3.63) is 0 Å². The second kappa shape index (κ2) is 5.30. The van der Waals surface area contributed by atoms with Gasteiger partial charge in [-0.15, -0.1) is 0 Å². The van der Waals surface area contributed by atoms with Gasteiger partial charge in [-0.3, -0.25) is 9.59 Å². The Hall–Kier alpha value is -1.10. The van der Waals surface area contributed by atoms with Gasteiger partial charge >= 0.3 is 0 Å². The summed E-state index contributed by atoms with van der Waals surface area (Å²) in [6.07, 6.45) is 0.0594. The van der Waals surface area contributed by atoms with E-state index in [1.54, 1.807) is 13.8 Å². The van der Waals surface area contributed by atoms with Gasteiger partial charge in [-0.1, -0.05) is 27.7 Å². The smallest absolute Gasteiger partial charge is 0.223 e. The minimum atomic E-state index is -0.840. The zero-order valence-corrected chi connectivity index (χ0v) is 10.5. The summed E-state index contributed by atoms with van der Waals surface area (Å²) in [7, 11) is 0. The van der Waals surface area contributed by atoms with E-state index in [0.29, 0.717) is 6.54 Å². The molecule has 0 unspecified atom stereocenters. The number of nitrogens with two attached hydrogens (primary N) is 1. The molecule has 0 aromatic carbocycles. The first-order chi connectivity index (χ1) is 7.10. The maximum atomic E-state index is 11.5. The van der Waals surface area contributed by atoms with Crippen molar-refractivity contribution in [3.8, 4) is 0 Å². The first-order valence-corrected chi connectivity index (χ1v) is 5.28. The van der Waals surface area contributed by atoms with Gasteiger partial charge in [-0.25, -0.2) is 0 Å². The lowest BCUT2D eigenvalue weighted by Gasteiger charge is -2.24. The topological polar surface area (TPSA) is 92.4 Å². The van der Waals surface area contributed by atoms with E-state index in [-0.39, 0.29) is 24.3 Å². The molecule has 0 aliphatic rings. The van der Waals surface area contributed by atoms with Gasteiger partial charge in [0, 0.05) is 25.0 Å². The van der Waals surface area contributed by atoms with Gasteiger partial charge in [0.2, 0.25) is 11.8 Å². The Morgan fingerprint density at radius 2 is 1.75 bits per heavy atom. The summed E-state index contributed by atoms with van der Waals surface area (Å²) >= 11 is 0. The van der Waals surface area contributed by atoms with Crippen LogP contribution in [-0.2, 0) is 9.59 Å². The number of aliphatic hydroxyl groups excluding tert-OH is 1. The molecular weight excluding hydrogens is 208 g/mol. The number of primary amides is 1. The van der Waals surface area contributed by atoms with Gasteiger partial charge < -0.3 is 16.2 Å². The van der Waals surface area contributed by atoms with Crippen LogP contribution in [0.5, 0.6) is 0 Å². The van der Waals surface area contributed by atoms with E-state index in [2.05, 4.69) is 5.32 Å². The number of carbonyl (C=O) groups is 2. The Balaban J connectivity index is 4.16. The zero-order valence-electron chi connectivity index (χ0n) is 10.5. The Morgan fingerprint density at radius 3 is 2.12 bits per heavy atom. The maximum absolute atomic E-state index is 11.5. The fraction of sp³-hybridized carbons (Fsp3) is 0.818. The molecule has 0 spiro atoms. The molecular formula is C11H22N2O3. The number of hydrogen-bond donors (Lipinski definition) is 3. The summed E-state index contributed by atoms with van der Waals surface area (Å²) in [6.45, 7) is 7.31. The minimum absolute atomic E-state index is 0.00745. The lowest BCUT2D eigenvalue weighted by Crippen LogP contribution is -2.41.